The zero-order valence-electron chi connectivity index (χ0n) is 13.9. The monoisotopic (exact) mass is 401 g/mol. The highest BCUT2D eigenvalue weighted by atomic mass is 32.2. The highest BCUT2D eigenvalue weighted by Crippen LogP contribution is 2.44. The van der Waals surface area contributed by atoms with Crippen LogP contribution in [-0.2, 0) is 15.6 Å². The predicted octanol–water partition coefficient (Wildman–Crippen LogP) is 4.45. The van der Waals surface area contributed by atoms with Crippen LogP contribution in [0.5, 0.6) is 0 Å². The van der Waals surface area contributed by atoms with Crippen LogP contribution in [0.25, 0.3) is 0 Å². The van der Waals surface area contributed by atoms with Crippen molar-refractivity contribution in [2.75, 3.05) is 7.05 Å². The third kappa shape index (κ3) is 4.71. The number of nitrogens with zero attached hydrogens (tertiary/aromatic N) is 1. The van der Waals surface area contributed by atoms with Crippen LogP contribution >= 0.6 is 19.6 Å². The summed E-state index contributed by atoms with van der Waals surface area (Å²) in [6.07, 6.45) is 1.92. The molecule has 0 radical (unpaired) electrons. The van der Waals surface area contributed by atoms with Crippen LogP contribution in [0.2, 0.25) is 0 Å². The molecule has 0 saturated carbocycles. The molecule has 9 heteroatoms. The quantitative estimate of drug-likeness (QED) is 0.570. The van der Waals surface area contributed by atoms with E-state index in [1.165, 1.54) is 37.0 Å². The van der Waals surface area contributed by atoms with Crippen molar-refractivity contribution in [1.82, 2.24) is 5.06 Å². The molecule has 26 heavy (non-hydrogen) atoms. The Balaban J connectivity index is 1.89. The zero-order valence-corrected chi connectivity index (χ0v) is 15.6. The summed E-state index contributed by atoms with van der Waals surface area (Å²) < 4.78 is 43.8. The summed E-state index contributed by atoms with van der Waals surface area (Å²) in [5.41, 5.74) is 1.15. The smallest absolute Gasteiger partial charge is 0.302 e. The molecule has 0 spiro atoms. The third-order valence-electron chi connectivity index (χ3n) is 4.15. The highest BCUT2D eigenvalue weighted by Gasteiger charge is 2.31. The first-order chi connectivity index (χ1) is 12.2. The van der Waals surface area contributed by atoms with Gasteiger partial charge in [0.05, 0.1) is 6.04 Å². The molecule has 3 rings (SSSR count). The van der Waals surface area contributed by atoms with Gasteiger partial charge in [-0.15, -0.1) is 0 Å². The maximum atomic E-state index is 14.8. The average Bonchev–Trinajstić information content (AvgIpc) is 2.52. The number of halogens is 2. The van der Waals surface area contributed by atoms with E-state index in [2.05, 4.69) is 4.62 Å². The van der Waals surface area contributed by atoms with Crippen molar-refractivity contribution in [2.24, 2.45) is 0 Å². The van der Waals surface area contributed by atoms with Crippen molar-refractivity contribution < 1.29 is 27.8 Å². The van der Waals surface area contributed by atoms with E-state index in [9.17, 15) is 13.3 Å². The number of benzene rings is 2. The van der Waals surface area contributed by atoms with E-state index >= 15 is 0 Å². The SMILES string of the molecule is CN(OP(=O)(O)O)[C@@H]1CCCc2cc(Sc3cccc(F)c3)cc(F)c21. The molecule has 140 valence electrons. The lowest BCUT2D eigenvalue weighted by Crippen LogP contribution is -2.28. The Morgan fingerprint density at radius 1 is 1.23 bits per heavy atom. The van der Waals surface area contributed by atoms with Gasteiger partial charge in [0.2, 0.25) is 0 Å². The molecule has 1 aliphatic carbocycles. The van der Waals surface area contributed by atoms with E-state index in [0.717, 1.165) is 17.0 Å². The third-order valence-corrected chi connectivity index (χ3v) is 5.58. The molecule has 0 aromatic heterocycles. The molecule has 2 aromatic rings. The summed E-state index contributed by atoms with van der Waals surface area (Å²) in [5, 5.41) is 1.03. The molecule has 1 atom stereocenters. The Bertz CT molecular complexity index is 861. The molecule has 0 heterocycles. The Labute approximate surface area is 154 Å². The molecule has 0 saturated heterocycles. The molecular formula is C17H18F2NO4PS. The van der Waals surface area contributed by atoms with E-state index in [1.807, 2.05) is 6.07 Å². The van der Waals surface area contributed by atoms with Crippen molar-refractivity contribution in [3.8, 4) is 0 Å². The van der Waals surface area contributed by atoms with Crippen LogP contribution in [0.1, 0.15) is 30.0 Å². The zero-order chi connectivity index (χ0) is 18.9. The first-order valence-corrected chi connectivity index (χ1v) is 10.3. The lowest BCUT2D eigenvalue weighted by atomic mass is 9.87. The van der Waals surface area contributed by atoms with E-state index in [1.54, 1.807) is 12.1 Å². The van der Waals surface area contributed by atoms with Crippen LogP contribution in [0.3, 0.4) is 0 Å². The Hall–Kier alpha value is -1.28. The minimum Gasteiger partial charge on any atom is -0.302 e. The number of hydrogen-bond acceptors (Lipinski definition) is 4. The molecule has 5 nitrogen and oxygen atoms in total. The average molecular weight is 401 g/mol. The lowest BCUT2D eigenvalue weighted by Gasteiger charge is -2.32. The molecule has 0 amide bonds. The normalized spacial score (nSPS) is 17.4. The summed E-state index contributed by atoms with van der Waals surface area (Å²) in [6, 6.07) is 8.68. The second-order valence-electron chi connectivity index (χ2n) is 6.06. The number of fused-ring (bicyclic) bond motifs is 1. The van der Waals surface area contributed by atoms with Gasteiger partial charge in [-0.2, -0.15) is 9.69 Å². The van der Waals surface area contributed by atoms with Gasteiger partial charge in [0.1, 0.15) is 11.6 Å². The van der Waals surface area contributed by atoms with E-state index in [4.69, 9.17) is 9.79 Å². The Morgan fingerprint density at radius 3 is 2.69 bits per heavy atom. The van der Waals surface area contributed by atoms with E-state index in [0.29, 0.717) is 28.2 Å². The van der Waals surface area contributed by atoms with Gasteiger partial charge < -0.3 is 9.79 Å². The molecule has 0 fully saturated rings. The van der Waals surface area contributed by atoms with Gasteiger partial charge in [-0.25, -0.2) is 13.3 Å². The first kappa shape index (κ1) is 19.5. The fraction of sp³-hybridized carbons (Fsp3) is 0.294. The number of phosphoric acid groups is 1. The highest BCUT2D eigenvalue weighted by molar-refractivity contribution is 7.99. The van der Waals surface area contributed by atoms with Crippen LogP contribution in [0.4, 0.5) is 8.78 Å². The number of rotatable bonds is 5. The molecule has 2 N–H and O–H groups in total. The lowest BCUT2D eigenvalue weighted by molar-refractivity contribution is -0.0984. The number of hydrogen-bond donors (Lipinski definition) is 2. The van der Waals surface area contributed by atoms with Crippen molar-refractivity contribution in [2.45, 2.75) is 35.1 Å². The minimum absolute atomic E-state index is 0.357. The summed E-state index contributed by atoms with van der Waals surface area (Å²) in [6.45, 7) is 0. The van der Waals surface area contributed by atoms with Gasteiger partial charge in [-0.1, -0.05) is 17.8 Å². The van der Waals surface area contributed by atoms with Gasteiger partial charge in [0.15, 0.2) is 0 Å². The fourth-order valence-corrected chi connectivity index (χ4v) is 4.57. The van der Waals surface area contributed by atoms with Gasteiger partial charge in [0.25, 0.3) is 0 Å². The first-order valence-electron chi connectivity index (χ1n) is 7.97. The van der Waals surface area contributed by atoms with Crippen molar-refractivity contribution in [3.63, 3.8) is 0 Å². The second kappa shape index (κ2) is 7.76. The molecule has 2 aromatic carbocycles. The number of aryl methyl sites for hydroxylation is 1. The van der Waals surface area contributed by atoms with Crippen LogP contribution in [0, 0.1) is 11.6 Å². The van der Waals surface area contributed by atoms with Gasteiger partial charge in [0, 0.05) is 22.4 Å². The van der Waals surface area contributed by atoms with Crippen molar-refractivity contribution in [1.29, 1.82) is 0 Å². The number of hydroxylamine groups is 2. The van der Waals surface area contributed by atoms with E-state index in [-0.39, 0.29) is 5.82 Å². The molecular weight excluding hydrogens is 383 g/mol. The molecule has 0 bridgehead atoms. The summed E-state index contributed by atoms with van der Waals surface area (Å²) in [7, 11) is -3.33. The van der Waals surface area contributed by atoms with Crippen LogP contribution in [0.15, 0.2) is 46.2 Å². The maximum Gasteiger partial charge on any atom is 0.486 e. The van der Waals surface area contributed by atoms with Crippen molar-refractivity contribution >= 4 is 19.6 Å². The molecule has 0 unspecified atom stereocenters. The Morgan fingerprint density at radius 2 is 2.00 bits per heavy atom. The standard InChI is InChI=1S/C17H18F2NO4PS/c1-20(24-25(21,22)23)16-7-2-4-11-8-14(10-15(19)17(11)16)26-13-6-3-5-12(18)9-13/h3,5-6,8-10,16H,2,4,7H2,1H3,(H2,21,22,23)/t16-/m1/s1. The molecule has 0 aliphatic heterocycles. The predicted molar refractivity (Wildman–Crippen MR) is 93.5 cm³/mol. The van der Waals surface area contributed by atoms with Gasteiger partial charge in [-0.3, -0.25) is 0 Å². The van der Waals surface area contributed by atoms with Gasteiger partial charge in [-0.05, 0) is 55.2 Å². The van der Waals surface area contributed by atoms with Crippen LogP contribution in [-0.4, -0.2) is 21.9 Å². The van der Waals surface area contributed by atoms with E-state index < -0.39 is 19.7 Å². The maximum absolute atomic E-state index is 14.8. The minimum atomic E-state index is -4.71. The van der Waals surface area contributed by atoms with Gasteiger partial charge >= 0.3 is 7.82 Å². The summed E-state index contributed by atoms with van der Waals surface area (Å²) >= 11 is 1.26. The summed E-state index contributed by atoms with van der Waals surface area (Å²) in [5.74, 6) is -0.822. The molecule has 1 aliphatic rings. The van der Waals surface area contributed by atoms with Crippen molar-refractivity contribution in [3.05, 3.63) is 59.2 Å². The topological polar surface area (TPSA) is 70.0 Å². The van der Waals surface area contributed by atoms with Crippen LogP contribution < -0.4 is 0 Å². The largest absolute Gasteiger partial charge is 0.486 e. The summed E-state index contributed by atoms with van der Waals surface area (Å²) in [4.78, 5) is 19.3. The fourth-order valence-electron chi connectivity index (χ4n) is 3.17. The second-order valence-corrected chi connectivity index (χ2v) is 8.36. The Kier molecular flexibility index (Phi) is 5.81.